The number of carbonyl (C=O) groups is 2. The van der Waals surface area contributed by atoms with E-state index in [-0.39, 0.29) is 24.5 Å². The normalized spacial score (nSPS) is 31.5. The van der Waals surface area contributed by atoms with Crippen molar-refractivity contribution in [3.63, 3.8) is 0 Å². The summed E-state index contributed by atoms with van der Waals surface area (Å²) in [5.74, 6) is 0.187. The van der Waals surface area contributed by atoms with E-state index in [4.69, 9.17) is 5.11 Å². The molecule has 0 saturated carbocycles. The number of nitrogens with zero attached hydrogens (tertiary/aromatic N) is 1. The number of carboxylic acids is 1. The Morgan fingerprint density at radius 2 is 2.35 bits per heavy atom. The molecule has 0 spiro atoms. The molecule has 2 amide bonds. The summed E-state index contributed by atoms with van der Waals surface area (Å²) in [5.41, 5.74) is 0. The number of fused-ring (bicyclic) bond motifs is 1. The fraction of sp³-hybridized carbons (Fsp3) is 0.800. The average molecular weight is 276 g/mol. The first-order chi connectivity index (χ1) is 8.09. The van der Waals surface area contributed by atoms with Gasteiger partial charge in [0, 0.05) is 17.4 Å². The van der Waals surface area contributed by atoms with Crippen LogP contribution in [0, 0.1) is 0 Å². The van der Waals surface area contributed by atoms with Crippen LogP contribution in [0.2, 0.25) is 0 Å². The highest BCUT2D eigenvalue weighted by Gasteiger charge is 2.47. The van der Waals surface area contributed by atoms with Gasteiger partial charge in [0.2, 0.25) is 0 Å². The second-order valence-corrected chi connectivity index (χ2v) is 6.11. The maximum absolute atomic E-state index is 11.4. The molecule has 0 unspecified atom stereocenters. The molecule has 2 fully saturated rings. The molecular weight excluding hydrogens is 260 g/mol. The van der Waals surface area contributed by atoms with Crippen molar-refractivity contribution < 1.29 is 14.7 Å². The van der Waals surface area contributed by atoms with E-state index in [2.05, 4.69) is 18.1 Å². The number of amides is 2. The Morgan fingerprint density at radius 3 is 3.06 bits per heavy atom. The van der Waals surface area contributed by atoms with E-state index >= 15 is 0 Å². The summed E-state index contributed by atoms with van der Waals surface area (Å²) in [7, 11) is 0. The molecule has 0 radical (unpaired) electrons. The molecule has 0 aromatic heterocycles. The maximum atomic E-state index is 11.4. The van der Waals surface area contributed by atoms with Gasteiger partial charge in [-0.05, 0) is 12.8 Å². The largest absolute Gasteiger partial charge is 0.481 e. The molecule has 0 bridgehead atoms. The highest BCUT2D eigenvalue weighted by atomic mass is 32.2. The topological polar surface area (TPSA) is 69.6 Å². The second kappa shape index (κ2) is 5.39. The number of hydrogen-bond acceptors (Lipinski definition) is 4. The van der Waals surface area contributed by atoms with E-state index in [0.29, 0.717) is 11.7 Å². The van der Waals surface area contributed by atoms with Crippen molar-refractivity contribution in [3.05, 3.63) is 0 Å². The van der Waals surface area contributed by atoms with Crippen LogP contribution in [-0.4, -0.2) is 44.5 Å². The van der Waals surface area contributed by atoms with Crippen LogP contribution in [0.5, 0.6) is 0 Å². The summed E-state index contributed by atoms with van der Waals surface area (Å²) in [5, 5.41) is 11.8. The first-order valence-corrected chi connectivity index (χ1v) is 7.16. The van der Waals surface area contributed by atoms with Crippen LogP contribution < -0.4 is 5.32 Å². The molecule has 0 aromatic carbocycles. The summed E-state index contributed by atoms with van der Waals surface area (Å²) >= 11 is 6.06. The van der Waals surface area contributed by atoms with Gasteiger partial charge in [0.1, 0.15) is 0 Å². The minimum absolute atomic E-state index is 0.112. The molecule has 7 heteroatoms. The van der Waals surface area contributed by atoms with E-state index in [1.165, 1.54) is 4.31 Å². The number of thioether (sulfide) groups is 1. The van der Waals surface area contributed by atoms with Gasteiger partial charge >= 0.3 is 12.0 Å². The average Bonchev–Trinajstić information content (AvgIpc) is 2.77. The SMILES string of the molecule is O=C(O)CCCC[C@H]1SC[C@H]2NC(=O)N(S)[C@H]21. The summed E-state index contributed by atoms with van der Waals surface area (Å²) < 4.78 is 1.49. The van der Waals surface area contributed by atoms with Crippen LogP contribution in [0.3, 0.4) is 0 Å². The van der Waals surface area contributed by atoms with Crippen LogP contribution >= 0.6 is 24.6 Å². The first-order valence-electron chi connectivity index (χ1n) is 5.71. The van der Waals surface area contributed by atoms with Crippen molar-refractivity contribution in [2.24, 2.45) is 0 Å². The number of thiol groups is 1. The molecule has 0 aromatic rings. The summed E-state index contributed by atoms with van der Waals surface area (Å²) in [4.78, 5) is 21.8. The molecule has 0 aliphatic carbocycles. The highest BCUT2D eigenvalue weighted by molar-refractivity contribution is 8.00. The smallest absolute Gasteiger partial charge is 0.327 e. The van der Waals surface area contributed by atoms with E-state index in [1.54, 1.807) is 0 Å². The molecule has 5 nitrogen and oxygen atoms in total. The molecule has 2 aliphatic rings. The van der Waals surface area contributed by atoms with Gasteiger partial charge in [0.25, 0.3) is 0 Å². The fourth-order valence-electron chi connectivity index (χ4n) is 2.37. The van der Waals surface area contributed by atoms with Crippen molar-refractivity contribution in [3.8, 4) is 0 Å². The lowest BCUT2D eigenvalue weighted by atomic mass is 10.0. The zero-order chi connectivity index (χ0) is 12.4. The molecule has 2 saturated heterocycles. The van der Waals surface area contributed by atoms with Gasteiger partial charge in [-0.2, -0.15) is 11.8 Å². The van der Waals surface area contributed by atoms with Crippen LogP contribution in [-0.2, 0) is 4.79 Å². The molecule has 2 N–H and O–H groups in total. The van der Waals surface area contributed by atoms with Crippen LogP contribution in [0.1, 0.15) is 25.7 Å². The third-order valence-electron chi connectivity index (χ3n) is 3.21. The third kappa shape index (κ3) is 2.82. The second-order valence-electron chi connectivity index (χ2n) is 4.40. The Balaban J connectivity index is 1.78. The van der Waals surface area contributed by atoms with Gasteiger partial charge in [-0.25, -0.2) is 4.79 Å². The molecule has 2 aliphatic heterocycles. The lowest BCUT2D eigenvalue weighted by molar-refractivity contribution is -0.137. The Kier molecular flexibility index (Phi) is 4.09. The lowest BCUT2D eigenvalue weighted by Gasteiger charge is -2.22. The number of hydrogen-bond donors (Lipinski definition) is 3. The van der Waals surface area contributed by atoms with E-state index in [9.17, 15) is 9.59 Å². The molecule has 96 valence electrons. The monoisotopic (exact) mass is 276 g/mol. The van der Waals surface area contributed by atoms with Gasteiger partial charge in [-0.15, -0.1) is 0 Å². The fourth-order valence-corrected chi connectivity index (χ4v) is 4.42. The third-order valence-corrected chi connectivity index (χ3v) is 5.15. The van der Waals surface area contributed by atoms with Gasteiger partial charge in [0.15, 0.2) is 0 Å². The van der Waals surface area contributed by atoms with E-state index < -0.39 is 5.97 Å². The maximum Gasteiger partial charge on any atom is 0.327 e. The van der Waals surface area contributed by atoms with Crippen molar-refractivity contribution in [2.45, 2.75) is 43.0 Å². The first kappa shape index (κ1) is 12.9. The van der Waals surface area contributed by atoms with Crippen LogP contribution in [0.25, 0.3) is 0 Å². The van der Waals surface area contributed by atoms with Crippen LogP contribution in [0.4, 0.5) is 4.79 Å². The highest BCUT2D eigenvalue weighted by Crippen LogP contribution is 2.38. The zero-order valence-corrected chi connectivity index (χ0v) is 11.0. The van der Waals surface area contributed by atoms with Crippen LogP contribution in [0.15, 0.2) is 0 Å². The van der Waals surface area contributed by atoms with E-state index in [0.717, 1.165) is 18.6 Å². The molecule has 3 atom stereocenters. The van der Waals surface area contributed by atoms with Gasteiger partial charge in [0.05, 0.1) is 12.1 Å². The van der Waals surface area contributed by atoms with Crippen molar-refractivity contribution >= 4 is 36.6 Å². The number of unbranched alkanes of at least 4 members (excludes halogenated alkanes) is 1. The molecule has 2 rings (SSSR count). The Hall–Kier alpha value is -0.560. The minimum Gasteiger partial charge on any atom is -0.481 e. The number of rotatable bonds is 5. The summed E-state index contributed by atoms with van der Waals surface area (Å²) in [6.45, 7) is 0. The number of carboxylic acid groups (broad SMARTS) is 1. The van der Waals surface area contributed by atoms with Crippen molar-refractivity contribution in [2.75, 3.05) is 5.75 Å². The molecule has 2 heterocycles. The number of aliphatic carboxylic acids is 1. The van der Waals surface area contributed by atoms with Gasteiger partial charge in [-0.3, -0.25) is 9.10 Å². The van der Waals surface area contributed by atoms with E-state index in [1.807, 2.05) is 11.8 Å². The van der Waals surface area contributed by atoms with Gasteiger partial charge in [-0.1, -0.05) is 19.2 Å². The standard InChI is InChI=1S/C10H16N2O3S2/c13-8(14)4-2-1-3-7-9-6(5-17-7)11-10(15)12(9)16/h6-7,9,16H,1-5H2,(H,11,15)(H,13,14)/t6-,7-,9-/m1/s1. The number of urea groups is 1. The molecule has 17 heavy (non-hydrogen) atoms. The van der Waals surface area contributed by atoms with Crippen molar-refractivity contribution in [1.82, 2.24) is 9.62 Å². The molecular formula is C10H16N2O3S2. The Bertz CT molecular complexity index is 327. The van der Waals surface area contributed by atoms with Crippen molar-refractivity contribution in [1.29, 1.82) is 0 Å². The minimum atomic E-state index is -0.740. The number of carbonyl (C=O) groups excluding carboxylic acids is 1. The zero-order valence-electron chi connectivity index (χ0n) is 9.33. The Labute approximate surface area is 110 Å². The summed E-state index contributed by atoms with van der Waals surface area (Å²) in [6.07, 6.45) is 2.78. The quantitative estimate of drug-likeness (QED) is 0.403. The number of nitrogens with one attached hydrogen (secondary N) is 1. The summed E-state index contributed by atoms with van der Waals surface area (Å²) in [6, 6.07) is 0.245. The van der Waals surface area contributed by atoms with Gasteiger partial charge < -0.3 is 10.4 Å². The predicted octanol–water partition coefficient (Wildman–Crippen LogP) is 1.35. The Morgan fingerprint density at radius 1 is 1.59 bits per heavy atom. The lowest BCUT2D eigenvalue weighted by Crippen LogP contribution is -2.35. The predicted molar refractivity (Wildman–Crippen MR) is 69.3 cm³/mol.